The van der Waals surface area contributed by atoms with E-state index in [2.05, 4.69) is 6.92 Å². The minimum Gasteiger partial charge on any atom is -0.424 e. The van der Waals surface area contributed by atoms with Gasteiger partial charge in [0.2, 0.25) is 0 Å². The van der Waals surface area contributed by atoms with Gasteiger partial charge in [0.25, 0.3) is 0 Å². The lowest BCUT2D eigenvalue weighted by atomic mass is 10.1. The standard InChI is InChI=1S/C20H34N2O2/c1-2-3-4-5-6-7-8-9-10-11-12-13-20(23)24-19-16-17(21)14-15-18(19)22/h14-16H,2-13,21-22H2,1H3. The third-order valence-corrected chi connectivity index (χ3v) is 4.25. The average Bonchev–Trinajstić information content (AvgIpc) is 2.56. The van der Waals surface area contributed by atoms with Crippen molar-refractivity contribution in [1.82, 2.24) is 0 Å². The molecule has 0 bridgehead atoms. The smallest absolute Gasteiger partial charge is 0.311 e. The molecule has 0 aliphatic carbocycles. The van der Waals surface area contributed by atoms with E-state index in [-0.39, 0.29) is 5.97 Å². The van der Waals surface area contributed by atoms with Crippen LogP contribution in [0.15, 0.2) is 18.2 Å². The highest BCUT2D eigenvalue weighted by Gasteiger charge is 2.08. The van der Waals surface area contributed by atoms with Gasteiger partial charge in [-0.05, 0) is 18.6 Å². The van der Waals surface area contributed by atoms with Crippen molar-refractivity contribution >= 4 is 17.3 Å². The summed E-state index contributed by atoms with van der Waals surface area (Å²) in [6.45, 7) is 2.25. The second-order valence-corrected chi connectivity index (χ2v) is 6.56. The van der Waals surface area contributed by atoms with Crippen molar-refractivity contribution in [1.29, 1.82) is 0 Å². The van der Waals surface area contributed by atoms with Gasteiger partial charge in [-0.15, -0.1) is 0 Å². The number of hydrogen-bond acceptors (Lipinski definition) is 4. The molecule has 0 spiro atoms. The number of anilines is 2. The first kappa shape index (κ1) is 20.3. The van der Waals surface area contributed by atoms with E-state index in [1.807, 2.05) is 0 Å². The molecule has 136 valence electrons. The summed E-state index contributed by atoms with van der Waals surface area (Å²) in [4.78, 5) is 11.8. The molecule has 1 aromatic carbocycles. The van der Waals surface area contributed by atoms with Crippen LogP contribution >= 0.6 is 0 Å². The van der Waals surface area contributed by atoms with Crippen molar-refractivity contribution in [2.75, 3.05) is 11.5 Å². The number of rotatable bonds is 13. The highest BCUT2D eigenvalue weighted by atomic mass is 16.5. The highest BCUT2D eigenvalue weighted by molar-refractivity contribution is 5.75. The Morgan fingerprint density at radius 2 is 1.42 bits per heavy atom. The average molecular weight is 335 g/mol. The van der Waals surface area contributed by atoms with Crippen molar-refractivity contribution in [3.05, 3.63) is 18.2 Å². The molecule has 24 heavy (non-hydrogen) atoms. The Bertz CT molecular complexity index is 475. The number of nitrogen functional groups attached to an aromatic ring is 2. The Morgan fingerprint density at radius 3 is 2.00 bits per heavy atom. The minimum absolute atomic E-state index is 0.233. The third-order valence-electron chi connectivity index (χ3n) is 4.25. The van der Waals surface area contributed by atoms with Gasteiger partial charge < -0.3 is 16.2 Å². The molecule has 0 unspecified atom stereocenters. The fraction of sp³-hybridized carbons (Fsp3) is 0.650. The first-order valence-corrected chi connectivity index (χ1v) is 9.49. The summed E-state index contributed by atoms with van der Waals surface area (Å²) in [5.74, 6) is 0.131. The lowest BCUT2D eigenvalue weighted by Crippen LogP contribution is -2.09. The summed E-state index contributed by atoms with van der Waals surface area (Å²) in [6, 6.07) is 4.93. The number of nitrogens with two attached hydrogens (primary N) is 2. The van der Waals surface area contributed by atoms with Crippen LogP contribution in [0.2, 0.25) is 0 Å². The second-order valence-electron chi connectivity index (χ2n) is 6.56. The molecule has 0 fully saturated rings. The van der Waals surface area contributed by atoms with Crippen LogP contribution in [0.3, 0.4) is 0 Å². The SMILES string of the molecule is CCCCCCCCCCCCCC(=O)Oc1cc(N)ccc1N. The van der Waals surface area contributed by atoms with Crippen LogP contribution in [0, 0.1) is 0 Å². The van der Waals surface area contributed by atoms with E-state index in [1.54, 1.807) is 18.2 Å². The Balaban J connectivity index is 1.99. The zero-order chi connectivity index (χ0) is 17.6. The number of carbonyl (C=O) groups is 1. The molecule has 0 atom stereocenters. The molecule has 1 rings (SSSR count). The molecule has 0 heterocycles. The van der Waals surface area contributed by atoms with Crippen molar-refractivity contribution in [2.45, 2.75) is 84.0 Å². The predicted octanol–water partition coefficient (Wildman–Crippen LogP) is 5.46. The second kappa shape index (κ2) is 12.7. The van der Waals surface area contributed by atoms with E-state index in [0.717, 1.165) is 12.8 Å². The summed E-state index contributed by atoms with van der Waals surface area (Å²) >= 11 is 0. The number of hydrogen-bond donors (Lipinski definition) is 2. The minimum atomic E-state index is -0.233. The molecule has 0 aromatic heterocycles. The Kier molecular flexibility index (Phi) is 10.7. The fourth-order valence-electron chi connectivity index (χ4n) is 2.75. The van der Waals surface area contributed by atoms with Crippen molar-refractivity contribution in [2.24, 2.45) is 0 Å². The maximum Gasteiger partial charge on any atom is 0.311 e. The van der Waals surface area contributed by atoms with Crippen LogP contribution in [-0.2, 0) is 4.79 Å². The monoisotopic (exact) mass is 334 g/mol. The van der Waals surface area contributed by atoms with E-state index in [4.69, 9.17) is 16.2 Å². The zero-order valence-electron chi connectivity index (χ0n) is 15.2. The van der Waals surface area contributed by atoms with Crippen LogP contribution in [0.1, 0.15) is 84.0 Å². The van der Waals surface area contributed by atoms with E-state index >= 15 is 0 Å². The fourth-order valence-corrected chi connectivity index (χ4v) is 2.75. The lowest BCUT2D eigenvalue weighted by Gasteiger charge is -2.08. The van der Waals surface area contributed by atoms with Crippen LogP contribution < -0.4 is 16.2 Å². The van der Waals surface area contributed by atoms with Gasteiger partial charge in [0, 0.05) is 18.2 Å². The van der Waals surface area contributed by atoms with E-state index in [1.165, 1.54) is 57.8 Å². The van der Waals surface area contributed by atoms with E-state index in [9.17, 15) is 4.79 Å². The maximum atomic E-state index is 11.8. The van der Waals surface area contributed by atoms with Gasteiger partial charge in [0.1, 0.15) is 0 Å². The summed E-state index contributed by atoms with van der Waals surface area (Å²) in [6.07, 6.45) is 14.3. The summed E-state index contributed by atoms with van der Waals surface area (Å²) < 4.78 is 5.27. The molecule has 0 radical (unpaired) electrons. The third kappa shape index (κ3) is 9.43. The zero-order valence-corrected chi connectivity index (χ0v) is 15.2. The molecule has 0 aliphatic rings. The van der Waals surface area contributed by atoms with Gasteiger partial charge in [-0.1, -0.05) is 71.1 Å². The van der Waals surface area contributed by atoms with Gasteiger partial charge in [-0.2, -0.15) is 0 Å². The summed E-state index contributed by atoms with van der Waals surface area (Å²) in [5.41, 5.74) is 12.4. The Morgan fingerprint density at radius 1 is 0.875 bits per heavy atom. The molecule has 4 heteroatoms. The molecule has 0 saturated carbocycles. The molecule has 0 amide bonds. The molecular weight excluding hydrogens is 300 g/mol. The topological polar surface area (TPSA) is 78.3 Å². The van der Waals surface area contributed by atoms with Crippen LogP contribution in [0.5, 0.6) is 5.75 Å². The summed E-state index contributed by atoms with van der Waals surface area (Å²) in [5, 5.41) is 0. The largest absolute Gasteiger partial charge is 0.424 e. The lowest BCUT2D eigenvalue weighted by molar-refractivity contribution is -0.134. The van der Waals surface area contributed by atoms with Crippen molar-refractivity contribution in [3.8, 4) is 5.75 Å². The number of benzene rings is 1. The molecule has 1 aromatic rings. The van der Waals surface area contributed by atoms with Crippen LogP contribution in [0.25, 0.3) is 0 Å². The molecule has 4 N–H and O–H groups in total. The molecule has 4 nitrogen and oxygen atoms in total. The van der Waals surface area contributed by atoms with E-state index in [0.29, 0.717) is 23.5 Å². The molecular formula is C20H34N2O2. The number of unbranched alkanes of at least 4 members (excludes halogenated alkanes) is 10. The predicted molar refractivity (Wildman–Crippen MR) is 102 cm³/mol. The van der Waals surface area contributed by atoms with Gasteiger partial charge in [0.15, 0.2) is 5.75 Å². The Labute approximate surface area is 146 Å². The van der Waals surface area contributed by atoms with Crippen molar-refractivity contribution in [3.63, 3.8) is 0 Å². The first-order valence-electron chi connectivity index (χ1n) is 9.49. The number of ether oxygens (including phenoxy) is 1. The van der Waals surface area contributed by atoms with Crippen molar-refractivity contribution < 1.29 is 9.53 Å². The van der Waals surface area contributed by atoms with Gasteiger partial charge in [0.05, 0.1) is 5.69 Å². The Hall–Kier alpha value is -1.71. The van der Waals surface area contributed by atoms with E-state index < -0.39 is 0 Å². The molecule has 0 aliphatic heterocycles. The van der Waals surface area contributed by atoms with Crippen LogP contribution in [0.4, 0.5) is 11.4 Å². The normalized spacial score (nSPS) is 10.7. The number of esters is 1. The number of carbonyl (C=O) groups excluding carboxylic acids is 1. The highest BCUT2D eigenvalue weighted by Crippen LogP contribution is 2.24. The first-order chi connectivity index (χ1) is 11.6. The molecule has 0 saturated heterocycles. The van der Waals surface area contributed by atoms with Crippen LogP contribution in [-0.4, -0.2) is 5.97 Å². The van der Waals surface area contributed by atoms with Gasteiger partial charge in [-0.3, -0.25) is 4.79 Å². The quantitative estimate of drug-likeness (QED) is 0.217. The summed E-state index contributed by atoms with van der Waals surface area (Å²) in [7, 11) is 0. The maximum absolute atomic E-state index is 11.8. The van der Waals surface area contributed by atoms with Gasteiger partial charge in [-0.25, -0.2) is 0 Å². The van der Waals surface area contributed by atoms with Gasteiger partial charge >= 0.3 is 5.97 Å².